The molecular formula is C18H29NS. The number of aryl methyl sites for hydroxylation is 1. The van der Waals surface area contributed by atoms with Crippen molar-refractivity contribution in [2.24, 2.45) is 17.8 Å². The van der Waals surface area contributed by atoms with Crippen LogP contribution in [-0.4, -0.2) is 6.54 Å². The van der Waals surface area contributed by atoms with Gasteiger partial charge in [-0.1, -0.05) is 20.3 Å². The van der Waals surface area contributed by atoms with Crippen LogP contribution in [0.5, 0.6) is 0 Å². The first-order valence-electron chi connectivity index (χ1n) is 8.61. The van der Waals surface area contributed by atoms with Crippen molar-refractivity contribution in [3.8, 4) is 0 Å². The van der Waals surface area contributed by atoms with Crippen LogP contribution in [0.1, 0.15) is 68.9 Å². The Morgan fingerprint density at radius 2 is 2.20 bits per heavy atom. The minimum Gasteiger partial charge on any atom is -0.309 e. The van der Waals surface area contributed by atoms with E-state index in [0.29, 0.717) is 6.04 Å². The summed E-state index contributed by atoms with van der Waals surface area (Å²) in [7, 11) is 0. The highest BCUT2D eigenvalue weighted by Gasteiger charge is 2.40. The molecule has 2 heteroatoms. The van der Waals surface area contributed by atoms with Gasteiger partial charge in [0, 0.05) is 10.9 Å². The molecule has 4 unspecified atom stereocenters. The van der Waals surface area contributed by atoms with E-state index in [2.05, 4.69) is 30.6 Å². The van der Waals surface area contributed by atoms with Gasteiger partial charge in [-0.3, -0.25) is 0 Å². The molecule has 2 aliphatic rings. The molecule has 1 heterocycles. The Morgan fingerprint density at radius 3 is 2.85 bits per heavy atom. The maximum atomic E-state index is 3.84. The van der Waals surface area contributed by atoms with Crippen molar-refractivity contribution in [2.75, 3.05) is 6.54 Å². The van der Waals surface area contributed by atoms with Crippen LogP contribution in [0.4, 0.5) is 0 Å². The standard InChI is InChI=1S/C18H29NS/c1-3-8-19-17(18-14(4-2)7-9-20-18)12-16-11-13-5-6-15(16)10-13/h7,9,13,15-17,19H,3-6,8,10-12H2,1-2H3. The molecule has 2 saturated carbocycles. The molecule has 4 atom stereocenters. The first kappa shape index (κ1) is 14.6. The minimum absolute atomic E-state index is 0.620. The largest absolute Gasteiger partial charge is 0.309 e. The average Bonchev–Trinajstić information content (AvgIpc) is 3.18. The van der Waals surface area contributed by atoms with Gasteiger partial charge in [0.25, 0.3) is 0 Å². The summed E-state index contributed by atoms with van der Waals surface area (Å²) in [6.45, 7) is 5.73. The highest BCUT2D eigenvalue weighted by Crippen LogP contribution is 2.51. The molecule has 20 heavy (non-hydrogen) atoms. The quantitative estimate of drug-likeness (QED) is 0.730. The SMILES string of the molecule is CCCNC(CC1CC2CCC1C2)c1sccc1CC. The number of thiophene rings is 1. The zero-order valence-electron chi connectivity index (χ0n) is 13.0. The second-order valence-corrected chi connectivity index (χ2v) is 7.79. The van der Waals surface area contributed by atoms with E-state index in [4.69, 9.17) is 0 Å². The number of hydrogen-bond donors (Lipinski definition) is 1. The van der Waals surface area contributed by atoms with Crippen molar-refractivity contribution >= 4 is 11.3 Å². The van der Waals surface area contributed by atoms with Crippen molar-refractivity contribution in [3.63, 3.8) is 0 Å². The maximum absolute atomic E-state index is 3.84. The molecule has 1 N–H and O–H groups in total. The van der Waals surface area contributed by atoms with Gasteiger partial charge < -0.3 is 5.32 Å². The lowest BCUT2D eigenvalue weighted by molar-refractivity contribution is 0.280. The number of rotatable bonds is 7. The van der Waals surface area contributed by atoms with Crippen LogP contribution >= 0.6 is 11.3 Å². The van der Waals surface area contributed by atoms with Gasteiger partial charge in [-0.2, -0.15) is 0 Å². The normalized spacial score (nSPS) is 30.0. The number of fused-ring (bicyclic) bond motifs is 2. The van der Waals surface area contributed by atoms with Crippen molar-refractivity contribution in [2.45, 2.75) is 64.8 Å². The van der Waals surface area contributed by atoms with Crippen LogP contribution in [-0.2, 0) is 6.42 Å². The molecule has 2 aliphatic carbocycles. The summed E-state index contributed by atoms with van der Waals surface area (Å²) in [6.07, 6.45) is 9.89. The Morgan fingerprint density at radius 1 is 1.30 bits per heavy atom. The monoisotopic (exact) mass is 291 g/mol. The molecular weight excluding hydrogens is 262 g/mol. The van der Waals surface area contributed by atoms with E-state index in [-0.39, 0.29) is 0 Å². The molecule has 1 aromatic rings. The minimum atomic E-state index is 0.620. The Labute approximate surface area is 128 Å². The molecule has 2 fully saturated rings. The zero-order chi connectivity index (χ0) is 13.9. The van der Waals surface area contributed by atoms with Crippen LogP contribution in [0.2, 0.25) is 0 Å². The second-order valence-electron chi connectivity index (χ2n) is 6.84. The Hall–Kier alpha value is -0.340. The molecule has 112 valence electrons. The molecule has 0 aromatic carbocycles. The van der Waals surface area contributed by atoms with Crippen LogP contribution in [0.15, 0.2) is 11.4 Å². The van der Waals surface area contributed by atoms with E-state index in [9.17, 15) is 0 Å². The van der Waals surface area contributed by atoms with Crippen molar-refractivity contribution < 1.29 is 0 Å². The summed E-state index contributed by atoms with van der Waals surface area (Å²) >= 11 is 1.97. The fourth-order valence-electron chi connectivity index (χ4n) is 4.51. The fourth-order valence-corrected chi connectivity index (χ4v) is 5.60. The van der Waals surface area contributed by atoms with Gasteiger partial charge in [0.2, 0.25) is 0 Å². The lowest BCUT2D eigenvalue weighted by atomic mass is 9.83. The first-order valence-corrected chi connectivity index (χ1v) is 9.49. The lowest BCUT2D eigenvalue weighted by Crippen LogP contribution is -2.26. The van der Waals surface area contributed by atoms with Crippen molar-refractivity contribution in [1.82, 2.24) is 5.32 Å². The summed E-state index contributed by atoms with van der Waals surface area (Å²) in [6, 6.07) is 2.95. The Kier molecular flexibility index (Phi) is 4.83. The van der Waals surface area contributed by atoms with Crippen LogP contribution in [0.3, 0.4) is 0 Å². The van der Waals surface area contributed by atoms with E-state index >= 15 is 0 Å². The van der Waals surface area contributed by atoms with Gasteiger partial charge in [0.15, 0.2) is 0 Å². The van der Waals surface area contributed by atoms with Gasteiger partial charge in [0.1, 0.15) is 0 Å². The van der Waals surface area contributed by atoms with Gasteiger partial charge in [-0.05, 0) is 79.8 Å². The molecule has 2 bridgehead atoms. The zero-order valence-corrected chi connectivity index (χ0v) is 13.8. The third-order valence-corrected chi connectivity index (χ3v) is 6.61. The van der Waals surface area contributed by atoms with Gasteiger partial charge in [-0.15, -0.1) is 11.3 Å². The molecule has 0 radical (unpaired) electrons. The molecule has 1 nitrogen and oxygen atoms in total. The van der Waals surface area contributed by atoms with E-state index in [1.807, 2.05) is 11.3 Å². The summed E-state index contributed by atoms with van der Waals surface area (Å²) in [5.41, 5.74) is 1.58. The summed E-state index contributed by atoms with van der Waals surface area (Å²) in [5.74, 6) is 3.12. The van der Waals surface area contributed by atoms with E-state index in [1.54, 1.807) is 10.4 Å². The third-order valence-electron chi connectivity index (χ3n) is 5.54. The third kappa shape index (κ3) is 2.96. The average molecular weight is 292 g/mol. The summed E-state index contributed by atoms with van der Waals surface area (Å²) < 4.78 is 0. The van der Waals surface area contributed by atoms with Crippen LogP contribution in [0, 0.1) is 17.8 Å². The molecule has 1 aromatic heterocycles. The lowest BCUT2D eigenvalue weighted by Gasteiger charge is -2.27. The smallest absolute Gasteiger partial charge is 0.0420 e. The number of hydrogen-bond acceptors (Lipinski definition) is 2. The highest BCUT2D eigenvalue weighted by molar-refractivity contribution is 7.10. The van der Waals surface area contributed by atoms with Crippen LogP contribution in [0.25, 0.3) is 0 Å². The first-order chi connectivity index (χ1) is 9.81. The topological polar surface area (TPSA) is 12.0 Å². The van der Waals surface area contributed by atoms with Gasteiger partial charge in [0.05, 0.1) is 0 Å². The van der Waals surface area contributed by atoms with Gasteiger partial charge >= 0.3 is 0 Å². The number of nitrogens with one attached hydrogen (secondary N) is 1. The molecule has 0 amide bonds. The summed E-state index contributed by atoms with van der Waals surface area (Å²) in [4.78, 5) is 1.63. The maximum Gasteiger partial charge on any atom is 0.0420 e. The Bertz CT molecular complexity index is 425. The van der Waals surface area contributed by atoms with Crippen molar-refractivity contribution in [3.05, 3.63) is 21.9 Å². The molecule has 0 spiro atoms. The highest BCUT2D eigenvalue weighted by atomic mass is 32.1. The molecule has 0 saturated heterocycles. The molecule has 3 rings (SSSR count). The second kappa shape index (κ2) is 6.62. The summed E-state index contributed by atoms with van der Waals surface area (Å²) in [5, 5.41) is 6.13. The van der Waals surface area contributed by atoms with Crippen molar-refractivity contribution in [1.29, 1.82) is 0 Å². The van der Waals surface area contributed by atoms with Gasteiger partial charge in [-0.25, -0.2) is 0 Å². The van der Waals surface area contributed by atoms with E-state index in [0.717, 1.165) is 24.3 Å². The Balaban J connectivity index is 1.69. The molecule has 0 aliphatic heterocycles. The fraction of sp³-hybridized carbons (Fsp3) is 0.778. The predicted molar refractivity (Wildman–Crippen MR) is 88.3 cm³/mol. The predicted octanol–water partition coefficient (Wildman–Crippen LogP) is 5.18. The van der Waals surface area contributed by atoms with E-state index in [1.165, 1.54) is 44.9 Å². The van der Waals surface area contributed by atoms with E-state index < -0.39 is 0 Å². The van der Waals surface area contributed by atoms with Crippen LogP contribution < -0.4 is 5.32 Å².